The van der Waals surface area contributed by atoms with E-state index in [1.165, 1.54) is 5.39 Å². The zero-order chi connectivity index (χ0) is 18.1. The highest BCUT2D eigenvalue weighted by molar-refractivity contribution is 6.30. The Bertz CT molecular complexity index is 1120. The van der Waals surface area contributed by atoms with Crippen LogP contribution in [0.4, 0.5) is 5.69 Å². The normalized spacial score (nSPS) is 11.2. The summed E-state index contributed by atoms with van der Waals surface area (Å²) in [7, 11) is 0. The lowest BCUT2D eigenvalue weighted by Crippen LogP contribution is -2.13. The molecule has 0 spiro atoms. The summed E-state index contributed by atoms with van der Waals surface area (Å²) in [5, 5.41) is 5.91. The molecule has 0 fully saturated rings. The molecular formula is C21H18ClN3O. The number of nitrogens with zero attached hydrogens (tertiary/aromatic N) is 1. The van der Waals surface area contributed by atoms with Gasteiger partial charge in [-0.3, -0.25) is 9.78 Å². The van der Waals surface area contributed by atoms with Gasteiger partial charge >= 0.3 is 0 Å². The van der Waals surface area contributed by atoms with Gasteiger partial charge in [0.05, 0.1) is 11.7 Å². The van der Waals surface area contributed by atoms with Crippen LogP contribution in [0.25, 0.3) is 21.8 Å². The van der Waals surface area contributed by atoms with Crippen LogP contribution in [-0.4, -0.2) is 15.9 Å². The van der Waals surface area contributed by atoms with E-state index in [0.29, 0.717) is 17.9 Å². The number of rotatable bonds is 4. The van der Waals surface area contributed by atoms with E-state index in [-0.39, 0.29) is 5.91 Å². The monoisotopic (exact) mass is 363 g/mol. The number of aromatic amines is 1. The quantitative estimate of drug-likeness (QED) is 0.520. The Kier molecular flexibility index (Phi) is 4.35. The molecule has 0 radical (unpaired) electrons. The molecule has 5 heteroatoms. The maximum absolute atomic E-state index is 12.3. The standard InChI is InChI=1S/C21H18ClN3O/c1-13-10-14(22)6-8-18(13)25-21(26)9-7-15-11-17-16-4-2-3-5-19(16)24-20(17)12-23-15/h2-6,8,10-12,24H,7,9H2,1H3,(H,25,26). The summed E-state index contributed by atoms with van der Waals surface area (Å²) in [6.45, 7) is 1.92. The number of pyridine rings is 1. The number of carbonyl (C=O) groups excluding carboxylic acids is 1. The van der Waals surface area contributed by atoms with Gasteiger partial charge in [-0.2, -0.15) is 0 Å². The minimum Gasteiger partial charge on any atom is -0.353 e. The highest BCUT2D eigenvalue weighted by Gasteiger charge is 2.09. The van der Waals surface area contributed by atoms with E-state index in [1.807, 2.05) is 37.4 Å². The molecule has 0 unspecified atom stereocenters. The van der Waals surface area contributed by atoms with Gasteiger partial charge < -0.3 is 10.3 Å². The Morgan fingerprint density at radius 1 is 1.12 bits per heavy atom. The molecule has 2 N–H and O–H groups in total. The molecule has 4 rings (SSSR count). The van der Waals surface area contributed by atoms with Crippen molar-refractivity contribution in [1.82, 2.24) is 9.97 Å². The maximum atomic E-state index is 12.3. The average Bonchev–Trinajstić information content (AvgIpc) is 3.00. The van der Waals surface area contributed by atoms with Crippen LogP contribution >= 0.6 is 11.6 Å². The minimum absolute atomic E-state index is 0.0313. The summed E-state index contributed by atoms with van der Waals surface area (Å²) in [5.74, 6) is -0.0313. The maximum Gasteiger partial charge on any atom is 0.224 e. The smallest absolute Gasteiger partial charge is 0.224 e. The van der Waals surface area contributed by atoms with Crippen LogP contribution in [-0.2, 0) is 11.2 Å². The van der Waals surface area contributed by atoms with Crippen LogP contribution in [0.15, 0.2) is 54.7 Å². The van der Waals surface area contributed by atoms with Crippen molar-refractivity contribution < 1.29 is 4.79 Å². The summed E-state index contributed by atoms with van der Waals surface area (Å²) in [4.78, 5) is 20.1. The molecule has 2 heterocycles. The van der Waals surface area contributed by atoms with E-state index >= 15 is 0 Å². The molecule has 2 aromatic heterocycles. The number of H-pyrrole nitrogens is 1. The lowest BCUT2D eigenvalue weighted by molar-refractivity contribution is -0.116. The fourth-order valence-corrected chi connectivity index (χ4v) is 3.38. The van der Waals surface area contributed by atoms with Crippen LogP contribution in [0.1, 0.15) is 17.7 Å². The van der Waals surface area contributed by atoms with Gasteiger partial charge in [0.2, 0.25) is 5.91 Å². The number of hydrogen-bond acceptors (Lipinski definition) is 2. The predicted molar refractivity (Wildman–Crippen MR) is 107 cm³/mol. The first-order valence-corrected chi connectivity index (χ1v) is 8.89. The van der Waals surface area contributed by atoms with Crippen molar-refractivity contribution in [2.24, 2.45) is 0 Å². The number of aromatic nitrogens is 2. The Balaban J connectivity index is 1.48. The molecular weight excluding hydrogens is 346 g/mol. The first-order chi connectivity index (χ1) is 12.6. The first kappa shape index (κ1) is 16.6. The lowest BCUT2D eigenvalue weighted by atomic mass is 10.1. The molecule has 0 saturated heterocycles. The van der Waals surface area contributed by atoms with E-state index in [4.69, 9.17) is 11.6 Å². The summed E-state index contributed by atoms with van der Waals surface area (Å²) < 4.78 is 0. The molecule has 4 aromatic rings. The second kappa shape index (κ2) is 6.81. The molecule has 130 valence electrons. The fraction of sp³-hybridized carbons (Fsp3) is 0.143. The van der Waals surface area contributed by atoms with Crippen molar-refractivity contribution in [1.29, 1.82) is 0 Å². The van der Waals surface area contributed by atoms with Gasteiger partial charge in [-0.05, 0) is 49.2 Å². The second-order valence-electron chi connectivity index (χ2n) is 6.40. The molecule has 4 nitrogen and oxygen atoms in total. The van der Waals surface area contributed by atoms with Crippen molar-refractivity contribution in [3.8, 4) is 0 Å². The number of carbonyl (C=O) groups is 1. The number of hydrogen-bond donors (Lipinski definition) is 2. The Hall–Kier alpha value is -2.85. The number of fused-ring (bicyclic) bond motifs is 3. The van der Waals surface area contributed by atoms with Crippen LogP contribution in [0, 0.1) is 6.92 Å². The Morgan fingerprint density at radius 2 is 1.96 bits per heavy atom. The predicted octanol–water partition coefficient (Wildman–Crippen LogP) is 5.25. The zero-order valence-corrected chi connectivity index (χ0v) is 15.1. The lowest BCUT2D eigenvalue weighted by Gasteiger charge is -2.08. The molecule has 0 aliphatic heterocycles. The van der Waals surface area contributed by atoms with Crippen molar-refractivity contribution in [2.45, 2.75) is 19.8 Å². The van der Waals surface area contributed by atoms with E-state index in [1.54, 1.807) is 6.07 Å². The van der Waals surface area contributed by atoms with Crippen LogP contribution in [0.3, 0.4) is 0 Å². The fourth-order valence-electron chi connectivity index (χ4n) is 3.15. The van der Waals surface area contributed by atoms with E-state index in [2.05, 4.69) is 33.5 Å². The van der Waals surface area contributed by atoms with Crippen LogP contribution < -0.4 is 5.32 Å². The van der Waals surface area contributed by atoms with Gasteiger partial charge in [0, 0.05) is 39.1 Å². The van der Waals surface area contributed by atoms with Crippen molar-refractivity contribution >= 4 is 45.0 Å². The van der Waals surface area contributed by atoms with Crippen molar-refractivity contribution in [3.63, 3.8) is 0 Å². The molecule has 0 aliphatic rings. The summed E-state index contributed by atoms with van der Waals surface area (Å²) >= 11 is 5.95. The van der Waals surface area contributed by atoms with Gasteiger partial charge in [0.1, 0.15) is 0 Å². The number of aryl methyl sites for hydroxylation is 2. The third-order valence-corrected chi connectivity index (χ3v) is 4.75. The Morgan fingerprint density at radius 3 is 2.81 bits per heavy atom. The van der Waals surface area contributed by atoms with Gasteiger partial charge in [-0.15, -0.1) is 0 Å². The van der Waals surface area contributed by atoms with Crippen molar-refractivity contribution in [3.05, 3.63) is 71.0 Å². The van der Waals surface area contributed by atoms with E-state index in [9.17, 15) is 4.79 Å². The van der Waals surface area contributed by atoms with Crippen molar-refractivity contribution in [2.75, 3.05) is 5.32 Å². The van der Waals surface area contributed by atoms with E-state index < -0.39 is 0 Å². The van der Waals surface area contributed by atoms with Crippen LogP contribution in [0.2, 0.25) is 5.02 Å². The largest absolute Gasteiger partial charge is 0.353 e. The number of benzene rings is 2. The molecule has 0 aliphatic carbocycles. The SMILES string of the molecule is Cc1cc(Cl)ccc1NC(=O)CCc1cc2c(cn1)[nH]c1ccccc12. The van der Waals surface area contributed by atoms with Gasteiger partial charge in [-0.25, -0.2) is 0 Å². The van der Waals surface area contributed by atoms with Gasteiger partial charge in [0.15, 0.2) is 0 Å². The molecule has 26 heavy (non-hydrogen) atoms. The Labute approximate surface area is 156 Å². The van der Waals surface area contributed by atoms with Gasteiger partial charge in [0.25, 0.3) is 0 Å². The van der Waals surface area contributed by atoms with E-state index in [0.717, 1.165) is 33.4 Å². The summed E-state index contributed by atoms with van der Waals surface area (Å²) in [6, 6.07) is 15.7. The molecule has 1 amide bonds. The number of amides is 1. The molecule has 0 atom stereocenters. The highest BCUT2D eigenvalue weighted by atomic mass is 35.5. The molecule has 2 aromatic carbocycles. The zero-order valence-electron chi connectivity index (χ0n) is 14.3. The number of halogens is 1. The first-order valence-electron chi connectivity index (χ1n) is 8.51. The minimum atomic E-state index is -0.0313. The second-order valence-corrected chi connectivity index (χ2v) is 6.84. The highest BCUT2D eigenvalue weighted by Crippen LogP contribution is 2.25. The van der Waals surface area contributed by atoms with Crippen LogP contribution in [0.5, 0.6) is 0 Å². The number of nitrogens with one attached hydrogen (secondary N) is 2. The molecule has 0 bridgehead atoms. The number of para-hydroxylation sites is 1. The average molecular weight is 364 g/mol. The topological polar surface area (TPSA) is 57.8 Å². The summed E-state index contributed by atoms with van der Waals surface area (Å²) in [5.41, 5.74) is 4.75. The number of anilines is 1. The summed E-state index contributed by atoms with van der Waals surface area (Å²) in [6.07, 6.45) is 2.81. The van der Waals surface area contributed by atoms with Gasteiger partial charge in [-0.1, -0.05) is 29.8 Å². The third-order valence-electron chi connectivity index (χ3n) is 4.52. The third kappa shape index (κ3) is 3.28. The molecule has 0 saturated carbocycles.